The minimum atomic E-state index is -0.0491. The van der Waals surface area contributed by atoms with Gasteiger partial charge in [-0.1, -0.05) is 30.3 Å². The lowest BCUT2D eigenvalue weighted by Gasteiger charge is -2.38. The van der Waals surface area contributed by atoms with Crippen molar-refractivity contribution in [3.63, 3.8) is 0 Å². The van der Waals surface area contributed by atoms with Crippen LogP contribution in [0.1, 0.15) is 10.5 Å². The van der Waals surface area contributed by atoms with Gasteiger partial charge >= 0.3 is 0 Å². The molecule has 132 valence electrons. The van der Waals surface area contributed by atoms with Crippen LogP contribution in [0.5, 0.6) is 5.88 Å². The Morgan fingerprint density at radius 2 is 1.96 bits per heavy atom. The number of likely N-dealkylation sites (tertiary alicyclic amines) is 1. The van der Waals surface area contributed by atoms with Gasteiger partial charge in [0, 0.05) is 18.8 Å². The topological polar surface area (TPSA) is 60.2 Å². The molecule has 6 nitrogen and oxygen atoms in total. The van der Waals surface area contributed by atoms with Gasteiger partial charge in [0.1, 0.15) is 11.8 Å². The predicted octanol–water partition coefficient (Wildman–Crippen LogP) is 3.15. The average molecular weight is 413 g/mol. The van der Waals surface area contributed by atoms with Crippen LogP contribution in [0.2, 0.25) is 0 Å². The van der Waals surface area contributed by atoms with E-state index < -0.39 is 0 Å². The highest BCUT2D eigenvalue weighted by Crippen LogP contribution is 2.26. The fraction of sp³-hybridized carbons (Fsp3) is 0.211. The molecule has 0 saturated carbocycles. The van der Waals surface area contributed by atoms with Gasteiger partial charge in [-0.2, -0.15) is 5.10 Å². The van der Waals surface area contributed by atoms with E-state index in [1.807, 2.05) is 48.5 Å². The fourth-order valence-electron chi connectivity index (χ4n) is 2.87. The molecule has 1 amide bonds. The Kier molecular flexibility index (Phi) is 4.46. The van der Waals surface area contributed by atoms with Crippen molar-refractivity contribution in [2.24, 2.45) is 7.05 Å². The standard InChI is InChI=1S/C19H17BrN4O2/c1-23-17(10-16(22-23)13-6-3-2-4-7-13)19(25)24-11-14(12-24)26-18-15(20)8-5-9-21-18/h2-10,14H,11-12H2,1H3. The molecule has 1 fully saturated rings. The number of aromatic nitrogens is 3. The Morgan fingerprint density at radius 1 is 1.19 bits per heavy atom. The normalized spacial score (nSPS) is 14.2. The van der Waals surface area contributed by atoms with Gasteiger partial charge in [0.15, 0.2) is 0 Å². The van der Waals surface area contributed by atoms with Crippen LogP contribution in [-0.2, 0) is 7.05 Å². The molecule has 0 bridgehead atoms. The predicted molar refractivity (Wildman–Crippen MR) is 101 cm³/mol. The molecule has 3 aromatic rings. The van der Waals surface area contributed by atoms with Crippen molar-refractivity contribution in [2.45, 2.75) is 6.10 Å². The SMILES string of the molecule is Cn1nc(-c2ccccc2)cc1C(=O)N1CC(Oc2ncccc2Br)C1. The zero-order valence-electron chi connectivity index (χ0n) is 14.2. The van der Waals surface area contributed by atoms with Crippen LogP contribution < -0.4 is 4.74 Å². The third-order valence-corrected chi connectivity index (χ3v) is 4.91. The van der Waals surface area contributed by atoms with E-state index in [1.165, 1.54) is 0 Å². The van der Waals surface area contributed by atoms with E-state index >= 15 is 0 Å². The molecule has 3 heterocycles. The molecule has 0 aliphatic carbocycles. The third kappa shape index (κ3) is 3.22. The molecule has 2 aromatic heterocycles. The first-order chi connectivity index (χ1) is 12.6. The van der Waals surface area contributed by atoms with Gasteiger partial charge in [-0.05, 0) is 34.1 Å². The van der Waals surface area contributed by atoms with E-state index in [2.05, 4.69) is 26.0 Å². The Bertz CT molecular complexity index is 936. The van der Waals surface area contributed by atoms with E-state index in [1.54, 1.807) is 22.8 Å². The summed E-state index contributed by atoms with van der Waals surface area (Å²) in [6.07, 6.45) is 1.63. The first kappa shape index (κ1) is 16.8. The lowest BCUT2D eigenvalue weighted by molar-refractivity contribution is 0.0149. The molecular weight excluding hydrogens is 396 g/mol. The van der Waals surface area contributed by atoms with Crippen LogP contribution in [0.4, 0.5) is 0 Å². The van der Waals surface area contributed by atoms with Gasteiger partial charge in [-0.3, -0.25) is 9.48 Å². The van der Waals surface area contributed by atoms with Gasteiger partial charge in [0.2, 0.25) is 5.88 Å². The lowest BCUT2D eigenvalue weighted by atomic mass is 10.1. The largest absolute Gasteiger partial charge is 0.470 e. The van der Waals surface area contributed by atoms with Crippen LogP contribution in [0.15, 0.2) is 59.2 Å². The van der Waals surface area contributed by atoms with E-state index in [9.17, 15) is 4.79 Å². The Balaban J connectivity index is 1.42. The lowest BCUT2D eigenvalue weighted by Crippen LogP contribution is -2.56. The molecule has 0 radical (unpaired) electrons. The summed E-state index contributed by atoms with van der Waals surface area (Å²) in [5, 5.41) is 4.46. The summed E-state index contributed by atoms with van der Waals surface area (Å²) in [5.74, 6) is 0.513. The van der Waals surface area contributed by atoms with Crippen molar-refractivity contribution in [3.8, 4) is 17.1 Å². The van der Waals surface area contributed by atoms with Crippen LogP contribution in [0, 0.1) is 0 Å². The number of ether oxygens (including phenoxy) is 1. The highest BCUT2D eigenvalue weighted by Gasteiger charge is 2.34. The number of carbonyl (C=O) groups excluding carboxylic acids is 1. The monoisotopic (exact) mass is 412 g/mol. The van der Waals surface area contributed by atoms with Gasteiger partial charge in [-0.15, -0.1) is 0 Å². The Labute approximate surface area is 159 Å². The fourth-order valence-corrected chi connectivity index (χ4v) is 3.22. The zero-order chi connectivity index (χ0) is 18.1. The number of benzene rings is 1. The highest BCUT2D eigenvalue weighted by atomic mass is 79.9. The summed E-state index contributed by atoms with van der Waals surface area (Å²) in [4.78, 5) is 18.7. The van der Waals surface area contributed by atoms with Gasteiger partial charge < -0.3 is 9.64 Å². The second kappa shape index (κ2) is 6.92. The summed E-state index contributed by atoms with van der Waals surface area (Å²) < 4.78 is 8.27. The molecule has 0 N–H and O–H groups in total. The van der Waals surface area contributed by atoms with Gasteiger partial charge in [0.25, 0.3) is 5.91 Å². The molecule has 1 aromatic carbocycles. The number of hydrogen-bond acceptors (Lipinski definition) is 4. The maximum Gasteiger partial charge on any atom is 0.272 e. The second-order valence-electron chi connectivity index (χ2n) is 6.14. The van der Waals surface area contributed by atoms with E-state index in [-0.39, 0.29) is 12.0 Å². The number of aryl methyl sites for hydroxylation is 1. The van der Waals surface area contributed by atoms with Crippen molar-refractivity contribution in [1.29, 1.82) is 0 Å². The molecule has 26 heavy (non-hydrogen) atoms. The van der Waals surface area contributed by atoms with Crippen molar-refractivity contribution < 1.29 is 9.53 Å². The molecule has 0 atom stereocenters. The summed E-state index contributed by atoms with van der Waals surface area (Å²) in [7, 11) is 1.79. The minimum Gasteiger partial charge on any atom is -0.470 e. The molecule has 0 unspecified atom stereocenters. The zero-order valence-corrected chi connectivity index (χ0v) is 15.8. The molecule has 1 aliphatic heterocycles. The maximum absolute atomic E-state index is 12.7. The van der Waals surface area contributed by atoms with Crippen molar-refractivity contribution in [1.82, 2.24) is 19.7 Å². The third-order valence-electron chi connectivity index (χ3n) is 4.31. The van der Waals surface area contributed by atoms with Gasteiger partial charge in [0.05, 0.1) is 23.3 Å². The summed E-state index contributed by atoms with van der Waals surface area (Å²) >= 11 is 3.41. The first-order valence-electron chi connectivity index (χ1n) is 8.28. The van der Waals surface area contributed by atoms with Crippen molar-refractivity contribution in [3.05, 3.63) is 64.9 Å². The minimum absolute atomic E-state index is 0.0397. The molecule has 4 rings (SSSR count). The number of carbonyl (C=O) groups is 1. The smallest absolute Gasteiger partial charge is 0.272 e. The first-order valence-corrected chi connectivity index (χ1v) is 9.07. The quantitative estimate of drug-likeness (QED) is 0.660. The Morgan fingerprint density at radius 3 is 2.69 bits per heavy atom. The number of rotatable bonds is 4. The van der Waals surface area contributed by atoms with Crippen LogP contribution in [0.25, 0.3) is 11.3 Å². The molecular formula is C19H17BrN4O2. The number of halogens is 1. The van der Waals surface area contributed by atoms with Crippen molar-refractivity contribution >= 4 is 21.8 Å². The van der Waals surface area contributed by atoms with Crippen LogP contribution >= 0.6 is 15.9 Å². The van der Waals surface area contributed by atoms with E-state index in [4.69, 9.17) is 4.74 Å². The number of pyridine rings is 1. The summed E-state index contributed by atoms with van der Waals surface area (Å²) in [6.45, 7) is 1.07. The van der Waals surface area contributed by atoms with Gasteiger partial charge in [-0.25, -0.2) is 4.98 Å². The van der Waals surface area contributed by atoms with Crippen LogP contribution in [0.3, 0.4) is 0 Å². The number of amides is 1. The molecule has 1 aliphatic rings. The molecule has 0 spiro atoms. The Hall–Kier alpha value is -2.67. The second-order valence-corrected chi connectivity index (χ2v) is 7.00. The number of nitrogens with zero attached hydrogens (tertiary/aromatic N) is 4. The molecule has 1 saturated heterocycles. The molecule has 7 heteroatoms. The summed E-state index contributed by atoms with van der Waals surface area (Å²) in [6, 6.07) is 15.4. The van der Waals surface area contributed by atoms with Crippen LogP contribution in [-0.4, -0.2) is 44.8 Å². The average Bonchev–Trinajstić information content (AvgIpc) is 3.01. The van der Waals surface area contributed by atoms with E-state index in [0.29, 0.717) is 24.7 Å². The number of hydrogen-bond donors (Lipinski definition) is 0. The maximum atomic E-state index is 12.7. The summed E-state index contributed by atoms with van der Waals surface area (Å²) in [5.41, 5.74) is 2.36. The van der Waals surface area contributed by atoms with E-state index in [0.717, 1.165) is 15.7 Å². The van der Waals surface area contributed by atoms with Crippen molar-refractivity contribution in [2.75, 3.05) is 13.1 Å². The highest BCUT2D eigenvalue weighted by molar-refractivity contribution is 9.10.